The molecule has 1 atom stereocenters. The minimum Gasteiger partial charge on any atom is -0.496 e. The summed E-state index contributed by atoms with van der Waals surface area (Å²) in [5.41, 5.74) is 2.51. The fourth-order valence-electron chi connectivity index (χ4n) is 3.06. The average Bonchev–Trinajstić information content (AvgIpc) is 2.53. The SMILES string of the molecule is CNC(CN1CCC(OC)CC1)c1cc(C)ccc1OC. The molecule has 1 aromatic carbocycles. The van der Waals surface area contributed by atoms with Crippen LogP contribution in [0.4, 0.5) is 0 Å². The van der Waals surface area contributed by atoms with Gasteiger partial charge < -0.3 is 19.7 Å². The number of rotatable bonds is 6. The van der Waals surface area contributed by atoms with Gasteiger partial charge >= 0.3 is 0 Å². The Bertz CT molecular complexity index is 442. The zero-order valence-electron chi connectivity index (χ0n) is 13.7. The first-order valence-electron chi connectivity index (χ1n) is 7.75. The molecule has 1 aliphatic rings. The Morgan fingerprint density at radius 3 is 2.57 bits per heavy atom. The Balaban J connectivity index is 2.05. The maximum Gasteiger partial charge on any atom is 0.123 e. The molecule has 0 bridgehead atoms. The van der Waals surface area contributed by atoms with Gasteiger partial charge in [0.2, 0.25) is 0 Å². The van der Waals surface area contributed by atoms with E-state index in [1.165, 1.54) is 11.1 Å². The van der Waals surface area contributed by atoms with Crippen molar-refractivity contribution >= 4 is 0 Å². The quantitative estimate of drug-likeness (QED) is 0.873. The molecule has 1 aliphatic heterocycles. The number of hydrogen-bond acceptors (Lipinski definition) is 4. The smallest absolute Gasteiger partial charge is 0.123 e. The van der Waals surface area contributed by atoms with Crippen LogP contribution in [0.3, 0.4) is 0 Å². The van der Waals surface area contributed by atoms with E-state index in [9.17, 15) is 0 Å². The minimum absolute atomic E-state index is 0.291. The lowest BCUT2D eigenvalue weighted by molar-refractivity contribution is 0.0385. The Morgan fingerprint density at radius 2 is 2.00 bits per heavy atom. The maximum atomic E-state index is 5.53. The van der Waals surface area contributed by atoms with Gasteiger partial charge in [-0.1, -0.05) is 17.7 Å². The van der Waals surface area contributed by atoms with Gasteiger partial charge in [-0.2, -0.15) is 0 Å². The number of ether oxygens (including phenoxy) is 2. The molecule has 1 heterocycles. The Hall–Kier alpha value is -1.10. The van der Waals surface area contributed by atoms with Crippen LogP contribution in [0.1, 0.15) is 30.0 Å². The monoisotopic (exact) mass is 292 g/mol. The van der Waals surface area contributed by atoms with Crippen LogP contribution < -0.4 is 10.1 Å². The second-order valence-electron chi connectivity index (χ2n) is 5.82. The summed E-state index contributed by atoms with van der Waals surface area (Å²) in [4.78, 5) is 2.51. The number of benzene rings is 1. The topological polar surface area (TPSA) is 33.7 Å². The molecule has 2 rings (SSSR count). The number of likely N-dealkylation sites (N-methyl/N-ethyl adjacent to an activating group) is 1. The van der Waals surface area contributed by atoms with Gasteiger partial charge in [-0.3, -0.25) is 0 Å². The largest absolute Gasteiger partial charge is 0.496 e. The van der Waals surface area contributed by atoms with Crippen LogP contribution in [-0.4, -0.2) is 51.9 Å². The fourth-order valence-corrected chi connectivity index (χ4v) is 3.06. The zero-order chi connectivity index (χ0) is 15.2. The molecule has 4 heteroatoms. The van der Waals surface area contributed by atoms with Crippen molar-refractivity contribution in [3.05, 3.63) is 29.3 Å². The summed E-state index contributed by atoms with van der Waals surface area (Å²) in [5.74, 6) is 0.965. The summed E-state index contributed by atoms with van der Waals surface area (Å²) in [6.07, 6.45) is 2.68. The van der Waals surface area contributed by atoms with Gasteiger partial charge in [-0.05, 0) is 32.9 Å². The van der Waals surface area contributed by atoms with Crippen LogP contribution in [-0.2, 0) is 4.74 Å². The number of likely N-dealkylation sites (tertiary alicyclic amines) is 1. The zero-order valence-corrected chi connectivity index (χ0v) is 13.7. The number of piperidine rings is 1. The van der Waals surface area contributed by atoms with E-state index in [1.54, 1.807) is 7.11 Å². The lowest BCUT2D eigenvalue weighted by Crippen LogP contribution is -2.41. The third-order valence-electron chi connectivity index (χ3n) is 4.42. The van der Waals surface area contributed by atoms with Crippen LogP contribution in [0, 0.1) is 6.92 Å². The predicted octanol–water partition coefficient (Wildman–Crippen LogP) is 2.37. The molecule has 118 valence electrons. The Morgan fingerprint density at radius 1 is 1.29 bits per heavy atom. The van der Waals surface area contributed by atoms with Crippen molar-refractivity contribution in [2.75, 3.05) is 40.9 Å². The number of hydrogen-bond donors (Lipinski definition) is 1. The number of methoxy groups -OCH3 is 2. The van der Waals surface area contributed by atoms with E-state index in [1.807, 2.05) is 14.2 Å². The highest BCUT2D eigenvalue weighted by Crippen LogP contribution is 2.27. The molecule has 0 aliphatic carbocycles. The van der Waals surface area contributed by atoms with Crippen molar-refractivity contribution in [2.45, 2.75) is 31.9 Å². The first kappa shape index (κ1) is 16.3. The molecule has 0 saturated carbocycles. The Kier molecular flexibility index (Phi) is 6.03. The van der Waals surface area contributed by atoms with Gasteiger partial charge in [-0.15, -0.1) is 0 Å². The lowest BCUT2D eigenvalue weighted by Gasteiger charge is -2.34. The van der Waals surface area contributed by atoms with Crippen molar-refractivity contribution < 1.29 is 9.47 Å². The van der Waals surface area contributed by atoms with Crippen LogP contribution in [0.2, 0.25) is 0 Å². The van der Waals surface area contributed by atoms with Crippen LogP contribution >= 0.6 is 0 Å². The summed E-state index contributed by atoms with van der Waals surface area (Å²) in [5, 5.41) is 3.44. The highest BCUT2D eigenvalue weighted by molar-refractivity contribution is 5.39. The van der Waals surface area contributed by atoms with Crippen LogP contribution in [0.5, 0.6) is 5.75 Å². The second kappa shape index (κ2) is 7.78. The highest BCUT2D eigenvalue weighted by Gasteiger charge is 2.23. The Labute approximate surface area is 128 Å². The third-order valence-corrected chi connectivity index (χ3v) is 4.42. The molecule has 1 unspecified atom stereocenters. The lowest BCUT2D eigenvalue weighted by atomic mass is 10.0. The van der Waals surface area contributed by atoms with Crippen molar-refractivity contribution in [3.8, 4) is 5.75 Å². The number of nitrogens with one attached hydrogen (secondary N) is 1. The minimum atomic E-state index is 0.291. The molecule has 4 nitrogen and oxygen atoms in total. The predicted molar refractivity (Wildman–Crippen MR) is 86.0 cm³/mol. The van der Waals surface area contributed by atoms with Crippen molar-refractivity contribution in [1.29, 1.82) is 0 Å². The highest BCUT2D eigenvalue weighted by atomic mass is 16.5. The summed E-state index contributed by atoms with van der Waals surface area (Å²) < 4.78 is 11.0. The van der Waals surface area contributed by atoms with Gasteiger partial charge in [0.25, 0.3) is 0 Å². The molecular weight excluding hydrogens is 264 g/mol. The van der Waals surface area contributed by atoms with Gasteiger partial charge in [0.05, 0.1) is 13.2 Å². The van der Waals surface area contributed by atoms with Gasteiger partial charge in [-0.25, -0.2) is 0 Å². The molecule has 1 N–H and O–H groups in total. The molecule has 1 fully saturated rings. The van der Waals surface area contributed by atoms with Crippen molar-refractivity contribution in [3.63, 3.8) is 0 Å². The van der Waals surface area contributed by atoms with Crippen LogP contribution in [0.25, 0.3) is 0 Å². The molecule has 0 aromatic heterocycles. The van der Waals surface area contributed by atoms with E-state index in [0.717, 1.165) is 38.2 Å². The summed E-state index contributed by atoms with van der Waals surface area (Å²) in [7, 11) is 5.58. The molecule has 0 radical (unpaired) electrons. The average molecular weight is 292 g/mol. The van der Waals surface area contributed by atoms with Crippen molar-refractivity contribution in [2.24, 2.45) is 0 Å². The third kappa shape index (κ3) is 4.19. The van der Waals surface area contributed by atoms with E-state index in [0.29, 0.717) is 12.1 Å². The van der Waals surface area contributed by atoms with E-state index in [2.05, 4.69) is 35.3 Å². The van der Waals surface area contributed by atoms with Crippen LogP contribution in [0.15, 0.2) is 18.2 Å². The first-order chi connectivity index (χ1) is 10.2. The summed E-state index contributed by atoms with van der Waals surface area (Å²) in [6.45, 7) is 5.34. The normalized spacial score (nSPS) is 18.7. The number of aryl methyl sites for hydroxylation is 1. The van der Waals surface area contributed by atoms with Crippen molar-refractivity contribution in [1.82, 2.24) is 10.2 Å². The van der Waals surface area contributed by atoms with Gasteiger partial charge in [0, 0.05) is 38.3 Å². The molecule has 21 heavy (non-hydrogen) atoms. The second-order valence-corrected chi connectivity index (χ2v) is 5.82. The number of nitrogens with zero attached hydrogens (tertiary/aromatic N) is 1. The molecule has 1 saturated heterocycles. The van der Waals surface area contributed by atoms with Gasteiger partial charge in [0.1, 0.15) is 5.75 Å². The first-order valence-corrected chi connectivity index (χ1v) is 7.75. The van der Waals surface area contributed by atoms with E-state index in [4.69, 9.17) is 9.47 Å². The fraction of sp³-hybridized carbons (Fsp3) is 0.647. The van der Waals surface area contributed by atoms with E-state index in [-0.39, 0.29) is 0 Å². The molecular formula is C17H28N2O2. The summed E-state index contributed by atoms with van der Waals surface area (Å²) in [6, 6.07) is 6.67. The van der Waals surface area contributed by atoms with E-state index < -0.39 is 0 Å². The standard InChI is InChI=1S/C17H28N2O2/c1-13-5-6-17(21-4)15(11-13)16(18-2)12-19-9-7-14(20-3)8-10-19/h5-6,11,14,16,18H,7-10,12H2,1-4H3. The maximum absolute atomic E-state index is 5.53. The summed E-state index contributed by atoms with van der Waals surface area (Å²) >= 11 is 0. The molecule has 0 amide bonds. The van der Waals surface area contributed by atoms with E-state index >= 15 is 0 Å². The molecule has 0 spiro atoms. The molecule has 1 aromatic rings. The van der Waals surface area contributed by atoms with Gasteiger partial charge in [0.15, 0.2) is 0 Å².